The highest BCUT2D eigenvalue weighted by Crippen LogP contribution is 2.23. The van der Waals surface area contributed by atoms with Crippen LogP contribution < -0.4 is 5.32 Å². The molecule has 1 aromatic heterocycles. The Labute approximate surface area is 142 Å². The molecule has 0 saturated carbocycles. The Balaban J connectivity index is 1.56. The van der Waals surface area contributed by atoms with E-state index < -0.39 is 0 Å². The predicted molar refractivity (Wildman–Crippen MR) is 94.8 cm³/mol. The topological polar surface area (TPSA) is 65.2 Å². The number of nitrogens with one attached hydrogen (secondary N) is 2. The Hall–Kier alpha value is -2.30. The minimum Gasteiger partial charge on any atom is -0.354 e. The van der Waals surface area contributed by atoms with E-state index in [0.717, 1.165) is 23.7 Å². The van der Waals surface area contributed by atoms with E-state index in [-0.39, 0.29) is 17.9 Å². The molecular formula is C19H25N3O2. The Morgan fingerprint density at radius 1 is 1.25 bits per heavy atom. The largest absolute Gasteiger partial charge is 0.354 e. The van der Waals surface area contributed by atoms with Crippen LogP contribution in [0.15, 0.2) is 30.3 Å². The fourth-order valence-corrected chi connectivity index (χ4v) is 3.34. The van der Waals surface area contributed by atoms with Gasteiger partial charge in [0.05, 0.1) is 0 Å². The average Bonchev–Trinajstić information content (AvgIpc) is 2.98. The highest BCUT2D eigenvalue weighted by Gasteiger charge is 2.26. The van der Waals surface area contributed by atoms with Gasteiger partial charge in [-0.2, -0.15) is 0 Å². The first-order chi connectivity index (χ1) is 11.5. The third kappa shape index (κ3) is 3.78. The van der Waals surface area contributed by atoms with E-state index in [9.17, 15) is 9.59 Å². The number of carbonyl (C=O) groups is 2. The third-order valence-electron chi connectivity index (χ3n) is 4.59. The molecule has 3 rings (SSSR count). The Kier molecular flexibility index (Phi) is 4.88. The first-order valence-corrected chi connectivity index (χ1v) is 8.69. The lowest BCUT2D eigenvalue weighted by Gasteiger charge is -2.31. The highest BCUT2D eigenvalue weighted by molar-refractivity contribution is 5.98. The zero-order valence-corrected chi connectivity index (χ0v) is 14.3. The number of aromatic amines is 1. The van der Waals surface area contributed by atoms with E-state index in [2.05, 4.69) is 10.3 Å². The van der Waals surface area contributed by atoms with Gasteiger partial charge in [-0.3, -0.25) is 9.59 Å². The fraction of sp³-hybridized carbons (Fsp3) is 0.474. The summed E-state index contributed by atoms with van der Waals surface area (Å²) >= 11 is 0. The van der Waals surface area contributed by atoms with Gasteiger partial charge in [-0.1, -0.05) is 18.2 Å². The molecule has 0 unspecified atom stereocenters. The predicted octanol–water partition coefficient (Wildman–Crippen LogP) is 2.93. The number of fused-ring (bicyclic) bond motifs is 1. The summed E-state index contributed by atoms with van der Waals surface area (Å²) in [5.74, 6) is 0.539. The maximum absolute atomic E-state index is 12.7. The van der Waals surface area contributed by atoms with Crippen LogP contribution in [0.2, 0.25) is 0 Å². The summed E-state index contributed by atoms with van der Waals surface area (Å²) in [5, 5.41) is 4.00. The van der Waals surface area contributed by atoms with Gasteiger partial charge in [-0.15, -0.1) is 0 Å². The molecular weight excluding hydrogens is 302 g/mol. The normalized spacial score (nSPS) is 15.9. The van der Waals surface area contributed by atoms with Crippen molar-refractivity contribution in [2.75, 3.05) is 13.1 Å². The van der Waals surface area contributed by atoms with Crippen molar-refractivity contribution in [1.82, 2.24) is 15.2 Å². The summed E-state index contributed by atoms with van der Waals surface area (Å²) in [6.45, 7) is 5.38. The molecule has 1 aliphatic rings. The van der Waals surface area contributed by atoms with Crippen molar-refractivity contribution in [3.8, 4) is 0 Å². The van der Waals surface area contributed by atoms with E-state index in [1.54, 1.807) is 0 Å². The molecule has 1 aliphatic heterocycles. The van der Waals surface area contributed by atoms with Crippen molar-refractivity contribution >= 4 is 22.7 Å². The number of nitrogens with zero attached hydrogens (tertiary/aromatic N) is 1. The molecule has 0 atom stereocenters. The van der Waals surface area contributed by atoms with Gasteiger partial charge < -0.3 is 15.2 Å². The molecule has 0 spiro atoms. The van der Waals surface area contributed by atoms with Crippen LogP contribution in [-0.2, 0) is 4.79 Å². The SMILES string of the molecule is CC(C)NC(=O)CC1CCN(C(=O)c2cc3ccccc3[nH]2)CC1. The van der Waals surface area contributed by atoms with Gasteiger partial charge in [0.15, 0.2) is 0 Å². The van der Waals surface area contributed by atoms with Crippen molar-refractivity contribution in [1.29, 1.82) is 0 Å². The molecule has 1 saturated heterocycles. The minimum absolute atomic E-state index is 0.0521. The second-order valence-corrected chi connectivity index (χ2v) is 6.93. The standard InChI is InChI=1S/C19H25N3O2/c1-13(2)20-18(23)11-14-7-9-22(10-8-14)19(24)17-12-15-5-3-4-6-16(15)21-17/h3-6,12-14,21H,7-11H2,1-2H3,(H,20,23). The lowest BCUT2D eigenvalue weighted by Crippen LogP contribution is -2.40. The van der Waals surface area contributed by atoms with Crippen molar-refractivity contribution < 1.29 is 9.59 Å². The van der Waals surface area contributed by atoms with Gasteiger partial charge in [0.2, 0.25) is 5.91 Å². The number of hydrogen-bond donors (Lipinski definition) is 2. The van der Waals surface area contributed by atoms with E-state index in [1.165, 1.54) is 0 Å². The van der Waals surface area contributed by atoms with Crippen LogP contribution in [0.3, 0.4) is 0 Å². The van der Waals surface area contributed by atoms with E-state index in [4.69, 9.17) is 0 Å². The summed E-state index contributed by atoms with van der Waals surface area (Å²) in [7, 11) is 0. The first-order valence-electron chi connectivity index (χ1n) is 8.69. The average molecular weight is 327 g/mol. The maximum atomic E-state index is 12.7. The smallest absolute Gasteiger partial charge is 0.270 e. The van der Waals surface area contributed by atoms with Crippen LogP contribution in [0.4, 0.5) is 0 Å². The molecule has 2 heterocycles. The van der Waals surface area contributed by atoms with Crippen LogP contribution in [-0.4, -0.2) is 40.8 Å². The Morgan fingerprint density at radius 2 is 1.96 bits per heavy atom. The minimum atomic E-state index is 0.0521. The van der Waals surface area contributed by atoms with Gasteiger partial charge in [0.25, 0.3) is 5.91 Å². The number of aromatic nitrogens is 1. The van der Waals surface area contributed by atoms with Crippen LogP contribution in [0.25, 0.3) is 10.9 Å². The van der Waals surface area contributed by atoms with Crippen molar-refractivity contribution in [3.63, 3.8) is 0 Å². The Bertz CT molecular complexity index is 694. The van der Waals surface area contributed by atoms with Crippen molar-refractivity contribution in [2.45, 2.75) is 39.2 Å². The van der Waals surface area contributed by atoms with Crippen LogP contribution >= 0.6 is 0 Å². The highest BCUT2D eigenvalue weighted by atomic mass is 16.2. The van der Waals surface area contributed by atoms with E-state index in [0.29, 0.717) is 31.1 Å². The number of hydrogen-bond acceptors (Lipinski definition) is 2. The van der Waals surface area contributed by atoms with Gasteiger partial charge in [0, 0.05) is 36.5 Å². The molecule has 128 valence electrons. The number of rotatable bonds is 4. The summed E-state index contributed by atoms with van der Waals surface area (Å²) in [6.07, 6.45) is 2.33. The second kappa shape index (κ2) is 7.07. The molecule has 5 heteroatoms. The van der Waals surface area contributed by atoms with Gasteiger partial charge in [-0.05, 0) is 44.7 Å². The Morgan fingerprint density at radius 3 is 2.62 bits per heavy atom. The van der Waals surface area contributed by atoms with Crippen LogP contribution in [0, 0.1) is 5.92 Å². The van der Waals surface area contributed by atoms with Crippen LogP contribution in [0.1, 0.15) is 43.6 Å². The number of piperidine rings is 1. The molecule has 2 aromatic rings. The van der Waals surface area contributed by atoms with E-state index in [1.807, 2.05) is 49.1 Å². The molecule has 0 aliphatic carbocycles. The van der Waals surface area contributed by atoms with Crippen molar-refractivity contribution in [2.24, 2.45) is 5.92 Å². The summed E-state index contributed by atoms with van der Waals surface area (Å²) in [6, 6.07) is 10.0. The molecule has 0 bridgehead atoms. The number of benzene rings is 1. The zero-order valence-electron chi connectivity index (χ0n) is 14.3. The van der Waals surface area contributed by atoms with Gasteiger partial charge >= 0.3 is 0 Å². The molecule has 24 heavy (non-hydrogen) atoms. The summed E-state index contributed by atoms with van der Waals surface area (Å²) < 4.78 is 0. The number of amides is 2. The van der Waals surface area contributed by atoms with Gasteiger partial charge in [0.1, 0.15) is 5.69 Å². The number of likely N-dealkylation sites (tertiary alicyclic amines) is 1. The zero-order chi connectivity index (χ0) is 17.1. The summed E-state index contributed by atoms with van der Waals surface area (Å²) in [4.78, 5) is 29.6. The van der Waals surface area contributed by atoms with Crippen LogP contribution in [0.5, 0.6) is 0 Å². The maximum Gasteiger partial charge on any atom is 0.270 e. The monoisotopic (exact) mass is 327 g/mol. The molecule has 2 N–H and O–H groups in total. The number of H-pyrrole nitrogens is 1. The molecule has 0 radical (unpaired) electrons. The lowest BCUT2D eigenvalue weighted by atomic mass is 9.93. The lowest BCUT2D eigenvalue weighted by molar-refractivity contribution is -0.122. The number of para-hydroxylation sites is 1. The quantitative estimate of drug-likeness (QED) is 0.907. The molecule has 1 fully saturated rings. The summed E-state index contributed by atoms with van der Waals surface area (Å²) in [5.41, 5.74) is 1.63. The van der Waals surface area contributed by atoms with Gasteiger partial charge in [-0.25, -0.2) is 0 Å². The van der Waals surface area contributed by atoms with Crippen molar-refractivity contribution in [3.05, 3.63) is 36.0 Å². The third-order valence-corrected chi connectivity index (χ3v) is 4.59. The molecule has 2 amide bonds. The van der Waals surface area contributed by atoms with E-state index >= 15 is 0 Å². The molecule has 1 aromatic carbocycles. The molecule has 5 nitrogen and oxygen atoms in total. The second-order valence-electron chi connectivity index (χ2n) is 6.93. The number of carbonyl (C=O) groups excluding carboxylic acids is 2. The fourth-order valence-electron chi connectivity index (χ4n) is 3.34. The first kappa shape index (κ1) is 16.6.